The summed E-state index contributed by atoms with van der Waals surface area (Å²) in [4.78, 5) is 0. The molecule has 2 heterocycles. The number of aromatic nitrogens is 2. The lowest BCUT2D eigenvalue weighted by atomic mass is 10.1. The summed E-state index contributed by atoms with van der Waals surface area (Å²) < 4.78 is 1.02. The molecular weight excluding hydrogens is 194 g/mol. The van der Waals surface area contributed by atoms with E-state index in [4.69, 9.17) is 0 Å². The molecule has 4 heteroatoms. The third kappa shape index (κ3) is 0.831. The maximum atomic E-state index is 4.07. The van der Waals surface area contributed by atoms with Gasteiger partial charge in [-0.3, -0.25) is 5.10 Å². The van der Waals surface area contributed by atoms with Crippen LogP contribution in [0.2, 0.25) is 0 Å². The normalized spacial score (nSPS) is 16.1. The summed E-state index contributed by atoms with van der Waals surface area (Å²) >= 11 is 3.39. The van der Waals surface area contributed by atoms with E-state index in [1.807, 2.05) is 0 Å². The summed E-state index contributed by atoms with van der Waals surface area (Å²) in [6.07, 6.45) is 2.32. The lowest BCUT2D eigenvalue weighted by Gasteiger charge is -2.11. The van der Waals surface area contributed by atoms with Crippen molar-refractivity contribution in [3.63, 3.8) is 0 Å². The number of aromatic amines is 1. The fourth-order valence-corrected chi connectivity index (χ4v) is 1.66. The fourth-order valence-electron chi connectivity index (χ4n) is 1.19. The topological polar surface area (TPSA) is 40.7 Å². The van der Waals surface area contributed by atoms with Crippen LogP contribution >= 0.6 is 15.9 Å². The van der Waals surface area contributed by atoms with Crippen LogP contribution in [-0.2, 0) is 6.42 Å². The molecule has 0 atom stereocenters. The van der Waals surface area contributed by atoms with Crippen LogP contribution in [0.4, 0.5) is 5.82 Å². The molecule has 2 N–H and O–H groups in total. The SMILES string of the molecule is Brc1[nH]nc2c1CCCN2. The molecule has 0 unspecified atom stereocenters. The molecule has 3 nitrogen and oxygen atoms in total. The number of fused-ring (bicyclic) bond motifs is 1. The van der Waals surface area contributed by atoms with E-state index in [0.717, 1.165) is 23.4 Å². The van der Waals surface area contributed by atoms with Crippen LogP contribution in [0.5, 0.6) is 0 Å². The molecule has 0 aliphatic carbocycles. The van der Waals surface area contributed by atoms with Crippen LogP contribution in [0.25, 0.3) is 0 Å². The Hall–Kier alpha value is -0.510. The first-order valence-electron chi connectivity index (χ1n) is 3.34. The monoisotopic (exact) mass is 201 g/mol. The zero-order chi connectivity index (χ0) is 6.97. The zero-order valence-electron chi connectivity index (χ0n) is 5.45. The maximum Gasteiger partial charge on any atom is 0.152 e. The average Bonchev–Trinajstić information content (AvgIpc) is 2.34. The second kappa shape index (κ2) is 2.27. The van der Waals surface area contributed by atoms with Crippen LogP contribution in [0.3, 0.4) is 0 Å². The number of rotatable bonds is 0. The molecule has 1 aromatic rings. The van der Waals surface area contributed by atoms with Gasteiger partial charge in [-0.1, -0.05) is 0 Å². The van der Waals surface area contributed by atoms with Crippen molar-refractivity contribution in [2.75, 3.05) is 11.9 Å². The summed E-state index contributed by atoms with van der Waals surface area (Å²) in [6.45, 7) is 1.05. The molecule has 0 bridgehead atoms. The van der Waals surface area contributed by atoms with E-state index in [1.165, 1.54) is 12.0 Å². The van der Waals surface area contributed by atoms with Crippen molar-refractivity contribution < 1.29 is 0 Å². The predicted molar refractivity (Wildman–Crippen MR) is 43.1 cm³/mol. The van der Waals surface area contributed by atoms with Gasteiger partial charge in [-0.05, 0) is 28.8 Å². The van der Waals surface area contributed by atoms with Crippen molar-refractivity contribution in [1.82, 2.24) is 10.2 Å². The van der Waals surface area contributed by atoms with Crippen molar-refractivity contribution in [3.05, 3.63) is 10.2 Å². The average molecular weight is 202 g/mol. The lowest BCUT2D eigenvalue weighted by Crippen LogP contribution is -2.10. The highest BCUT2D eigenvalue weighted by Gasteiger charge is 2.13. The summed E-state index contributed by atoms with van der Waals surface area (Å²) in [5.74, 6) is 1.01. The van der Waals surface area contributed by atoms with Gasteiger partial charge in [-0.25, -0.2) is 0 Å². The minimum Gasteiger partial charge on any atom is -0.368 e. The van der Waals surface area contributed by atoms with Crippen molar-refractivity contribution in [1.29, 1.82) is 0 Å². The smallest absolute Gasteiger partial charge is 0.152 e. The molecule has 1 aliphatic heterocycles. The summed E-state index contributed by atoms with van der Waals surface area (Å²) in [6, 6.07) is 0. The van der Waals surface area contributed by atoms with Gasteiger partial charge in [0.15, 0.2) is 5.82 Å². The highest BCUT2D eigenvalue weighted by Crippen LogP contribution is 2.25. The van der Waals surface area contributed by atoms with Gasteiger partial charge in [0.05, 0.1) is 0 Å². The molecule has 0 spiro atoms. The Morgan fingerprint density at radius 2 is 2.40 bits per heavy atom. The van der Waals surface area contributed by atoms with E-state index >= 15 is 0 Å². The molecule has 10 heavy (non-hydrogen) atoms. The van der Waals surface area contributed by atoms with E-state index in [0.29, 0.717) is 0 Å². The van der Waals surface area contributed by atoms with Crippen molar-refractivity contribution in [2.24, 2.45) is 0 Å². The molecule has 54 valence electrons. The van der Waals surface area contributed by atoms with Crippen molar-refractivity contribution in [2.45, 2.75) is 12.8 Å². The van der Waals surface area contributed by atoms with Crippen LogP contribution in [0, 0.1) is 0 Å². The fraction of sp³-hybridized carbons (Fsp3) is 0.500. The molecule has 0 saturated heterocycles. The zero-order valence-corrected chi connectivity index (χ0v) is 7.03. The molecular formula is C6H8BrN3. The first kappa shape index (κ1) is 6.22. The van der Waals surface area contributed by atoms with Gasteiger partial charge in [0.2, 0.25) is 0 Å². The van der Waals surface area contributed by atoms with Crippen LogP contribution in [0.15, 0.2) is 4.60 Å². The number of hydrogen-bond acceptors (Lipinski definition) is 2. The van der Waals surface area contributed by atoms with Crippen LogP contribution < -0.4 is 5.32 Å². The van der Waals surface area contributed by atoms with E-state index in [9.17, 15) is 0 Å². The standard InChI is InChI=1S/C6H8BrN3/c7-5-4-2-1-3-8-6(4)10-9-5/h1-3H2,(H2,8,9,10). The van der Waals surface area contributed by atoms with Crippen molar-refractivity contribution in [3.8, 4) is 0 Å². The molecule has 1 aliphatic rings. The number of halogens is 1. The molecule has 0 saturated carbocycles. The first-order chi connectivity index (χ1) is 4.88. The van der Waals surface area contributed by atoms with E-state index < -0.39 is 0 Å². The lowest BCUT2D eigenvalue weighted by molar-refractivity contribution is 0.825. The number of nitrogens with zero attached hydrogens (tertiary/aromatic N) is 1. The van der Waals surface area contributed by atoms with Gasteiger partial charge in [0, 0.05) is 12.1 Å². The Balaban J connectivity index is 2.45. The molecule has 0 radical (unpaired) electrons. The van der Waals surface area contributed by atoms with Crippen LogP contribution in [0.1, 0.15) is 12.0 Å². The van der Waals surface area contributed by atoms with E-state index in [2.05, 4.69) is 31.4 Å². The molecule has 0 aromatic carbocycles. The molecule has 2 rings (SSSR count). The Bertz CT molecular complexity index is 243. The number of nitrogens with one attached hydrogen (secondary N) is 2. The Morgan fingerprint density at radius 3 is 3.20 bits per heavy atom. The number of anilines is 1. The third-order valence-electron chi connectivity index (χ3n) is 1.71. The van der Waals surface area contributed by atoms with E-state index in [-0.39, 0.29) is 0 Å². The van der Waals surface area contributed by atoms with Gasteiger partial charge >= 0.3 is 0 Å². The first-order valence-corrected chi connectivity index (χ1v) is 4.14. The molecule has 0 amide bonds. The Kier molecular flexibility index (Phi) is 1.41. The number of H-pyrrole nitrogens is 1. The Morgan fingerprint density at radius 1 is 1.50 bits per heavy atom. The Labute approximate surface area is 67.3 Å². The minimum absolute atomic E-state index is 1.01. The van der Waals surface area contributed by atoms with E-state index in [1.54, 1.807) is 0 Å². The highest BCUT2D eigenvalue weighted by atomic mass is 79.9. The largest absolute Gasteiger partial charge is 0.368 e. The number of hydrogen-bond donors (Lipinski definition) is 2. The van der Waals surface area contributed by atoms with Crippen molar-refractivity contribution >= 4 is 21.7 Å². The van der Waals surface area contributed by atoms with Gasteiger partial charge < -0.3 is 5.32 Å². The quantitative estimate of drug-likeness (QED) is 0.669. The van der Waals surface area contributed by atoms with Gasteiger partial charge in [0.25, 0.3) is 0 Å². The second-order valence-corrected chi connectivity index (χ2v) is 3.19. The van der Waals surface area contributed by atoms with Crippen LogP contribution in [-0.4, -0.2) is 16.7 Å². The van der Waals surface area contributed by atoms with Gasteiger partial charge in [0.1, 0.15) is 4.60 Å². The molecule has 0 fully saturated rings. The molecule has 1 aromatic heterocycles. The summed E-state index contributed by atoms with van der Waals surface area (Å²) in [5, 5.41) is 10.2. The minimum atomic E-state index is 1.01. The third-order valence-corrected chi connectivity index (χ3v) is 2.37. The van der Waals surface area contributed by atoms with Gasteiger partial charge in [-0.15, -0.1) is 0 Å². The van der Waals surface area contributed by atoms with Gasteiger partial charge in [-0.2, -0.15) is 5.10 Å². The predicted octanol–water partition coefficient (Wildman–Crippen LogP) is 1.53. The highest BCUT2D eigenvalue weighted by molar-refractivity contribution is 9.10. The maximum absolute atomic E-state index is 4.07. The summed E-state index contributed by atoms with van der Waals surface area (Å²) in [7, 11) is 0. The summed E-state index contributed by atoms with van der Waals surface area (Å²) in [5.41, 5.74) is 1.28. The second-order valence-electron chi connectivity index (χ2n) is 2.40.